The van der Waals surface area contributed by atoms with Gasteiger partial charge >= 0.3 is 0 Å². The predicted molar refractivity (Wildman–Crippen MR) is 91.4 cm³/mol. The molecule has 134 valence electrons. The van der Waals surface area contributed by atoms with Gasteiger partial charge in [-0.1, -0.05) is 12.7 Å². The largest absolute Gasteiger partial charge is 0.504 e. The van der Waals surface area contributed by atoms with Gasteiger partial charge in [-0.3, -0.25) is 4.79 Å². The highest BCUT2D eigenvalue weighted by molar-refractivity contribution is 5.86. The summed E-state index contributed by atoms with van der Waals surface area (Å²) in [5.41, 5.74) is -1.53. The smallest absolute Gasteiger partial charge is 0.174 e. The van der Waals surface area contributed by atoms with Crippen LogP contribution in [0.5, 0.6) is 0 Å². The number of ether oxygens (including phenoxy) is 1. The minimum Gasteiger partial charge on any atom is -0.504 e. The molecule has 2 N–H and O–H groups in total. The van der Waals surface area contributed by atoms with Crippen molar-refractivity contribution in [2.24, 2.45) is 17.3 Å². The second kappa shape index (κ2) is 4.57. The van der Waals surface area contributed by atoms with Crippen molar-refractivity contribution in [3.05, 3.63) is 36.3 Å². The Labute approximate surface area is 147 Å². The summed E-state index contributed by atoms with van der Waals surface area (Å²) in [4.78, 5) is 12.7. The number of nitrogens with zero attached hydrogens (tertiary/aromatic N) is 1. The third-order valence-electron chi connectivity index (χ3n) is 7.96. The maximum Gasteiger partial charge on any atom is 0.174 e. The topological polar surface area (TPSA) is 66.8 Å². The van der Waals surface area contributed by atoms with Crippen LogP contribution in [0.3, 0.4) is 0 Å². The van der Waals surface area contributed by atoms with Crippen molar-refractivity contribution in [2.75, 3.05) is 20.1 Å². The lowest BCUT2D eigenvalue weighted by Crippen LogP contribution is -2.80. The average Bonchev–Trinajstić information content (AvgIpc) is 2.93. The summed E-state index contributed by atoms with van der Waals surface area (Å²) in [6.45, 7) is 5.64. The Kier molecular flexibility index (Phi) is 2.86. The summed E-state index contributed by atoms with van der Waals surface area (Å²) in [6.07, 6.45) is 7.55. The molecule has 2 heterocycles. The number of carbonyl (C=O) groups is 1. The van der Waals surface area contributed by atoms with E-state index >= 15 is 0 Å². The summed E-state index contributed by atoms with van der Waals surface area (Å²) in [5.74, 6) is 0.885. The van der Waals surface area contributed by atoms with Gasteiger partial charge in [0.15, 0.2) is 17.6 Å². The molecule has 5 nitrogen and oxygen atoms in total. The Morgan fingerprint density at radius 1 is 1.48 bits per heavy atom. The van der Waals surface area contributed by atoms with Crippen LogP contribution >= 0.6 is 0 Å². The Bertz CT molecular complexity index is 742. The number of piperidine rings is 1. The van der Waals surface area contributed by atoms with Gasteiger partial charge in [-0.2, -0.15) is 0 Å². The normalized spacial score (nSPS) is 52.6. The highest BCUT2D eigenvalue weighted by Crippen LogP contribution is 2.69. The highest BCUT2D eigenvalue weighted by Gasteiger charge is 2.79. The highest BCUT2D eigenvalue weighted by atomic mass is 16.5. The molecule has 0 radical (unpaired) electrons. The molecule has 3 aliphatic carbocycles. The van der Waals surface area contributed by atoms with Gasteiger partial charge in [0, 0.05) is 25.2 Å². The fourth-order valence-electron chi connectivity index (χ4n) is 6.96. The number of hydrogen-bond acceptors (Lipinski definition) is 4. The predicted octanol–water partition coefficient (Wildman–Crippen LogP) is 1.85. The molecule has 7 atom stereocenters. The van der Waals surface area contributed by atoms with E-state index in [0.29, 0.717) is 18.6 Å². The SMILES string of the molecule is C=CC[N+]1(C)CCC23C4C5=C(O)C=CC4C[C@@H]1[C@]2(O)CCC(=O)[C@@H]3O5. The lowest BCUT2D eigenvalue weighted by atomic mass is 9.44. The van der Waals surface area contributed by atoms with Crippen LogP contribution in [0.2, 0.25) is 0 Å². The number of ketones is 1. The summed E-state index contributed by atoms with van der Waals surface area (Å²) in [5, 5.41) is 22.4. The van der Waals surface area contributed by atoms with E-state index < -0.39 is 17.1 Å². The van der Waals surface area contributed by atoms with Gasteiger partial charge in [0.2, 0.25) is 0 Å². The van der Waals surface area contributed by atoms with E-state index in [-0.39, 0.29) is 29.4 Å². The zero-order valence-corrected chi connectivity index (χ0v) is 14.6. The molecule has 2 saturated carbocycles. The number of allylic oxidation sites excluding steroid dienone is 3. The van der Waals surface area contributed by atoms with Crippen LogP contribution in [0.25, 0.3) is 0 Å². The number of hydrogen-bond donors (Lipinski definition) is 2. The summed E-state index contributed by atoms with van der Waals surface area (Å²) >= 11 is 0. The molecule has 0 aromatic rings. The number of likely N-dealkylation sites (N-methyl/N-ethyl adjacent to an activating group) is 1. The number of rotatable bonds is 2. The van der Waals surface area contributed by atoms with E-state index in [1.807, 2.05) is 6.08 Å². The molecule has 1 spiro atoms. The lowest BCUT2D eigenvalue weighted by Gasteiger charge is -2.66. The molecule has 0 amide bonds. The van der Waals surface area contributed by atoms with Gasteiger partial charge in [0.05, 0.1) is 25.6 Å². The third kappa shape index (κ3) is 1.56. The maximum atomic E-state index is 12.7. The van der Waals surface area contributed by atoms with Gasteiger partial charge in [-0.25, -0.2) is 0 Å². The number of aliphatic hydroxyl groups is 2. The van der Waals surface area contributed by atoms with Crippen LogP contribution in [0.15, 0.2) is 36.3 Å². The Morgan fingerprint density at radius 3 is 3.04 bits per heavy atom. The van der Waals surface area contributed by atoms with E-state index in [1.165, 1.54) is 0 Å². The van der Waals surface area contributed by atoms with E-state index in [1.54, 1.807) is 6.08 Å². The summed E-state index contributed by atoms with van der Waals surface area (Å²) in [7, 11) is 2.21. The van der Waals surface area contributed by atoms with E-state index in [4.69, 9.17) is 4.74 Å². The molecule has 4 unspecified atom stereocenters. The Balaban J connectivity index is 1.74. The van der Waals surface area contributed by atoms with Gasteiger partial charge in [0.1, 0.15) is 17.4 Å². The first-order valence-corrected chi connectivity index (χ1v) is 9.35. The molecule has 2 bridgehead atoms. The van der Waals surface area contributed by atoms with Crippen molar-refractivity contribution in [2.45, 2.75) is 43.4 Å². The number of likely N-dealkylation sites (tertiary alicyclic amines) is 1. The second-order valence-electron chi connectivity index (χ2n) is 8.85. The summed E-state index contributed by atoms with van der Waals surface area (Å²) in [6, 6.07) is 0.0592. The van der Waals surface area contributed by atoms with Gasteiger partial charge in [0.25, 0.3) is 0 Å². The van der Waals surface area contributed by atoms with Crippen molar-refractivity contribution in [1.82, 2.24) is 0 Å². The van der Waals surface area contributed by atoms with Crippen molar-refractivity contribution in [3.63, 3.8) is 0 Å². The quantitative estimate of drug-likeness (QED) is 0.593. The van der Waals surface area contributed by atoms with Crippen LogP contribution in [0.1, 0.15) is 25.7 Å². The molecule has 5 heteroatoms. The fourth-order valence-corrected chi connectivity index (χ4v) is 6.96. The number of quaternary nitrogens is 1. The van der Waals surface area contributed by atoms with Crippen LogP contribution < -0.4 is 0 Å². The molecular weight excluding hydrogens is 318 g/mol. The second-order valence-corrected chi connectivity index (χ2v) is 8.85. The molecule has 5 aliphatic rings. The van der Waals surface area contributed by atoms with E-state index in [9.17, 15) is 15.0 Å². The average molecular weight is 344 g/mol. The first-order valence-electron chi connectivity index (χ1n) is 9.35. The minimum absolute atomic E-state index is 0.0592. The monoisotopic (exact) mass is 344 g/mol. The van der Waals surface area contributed by atoms with Crippen LogP contribution in [0.4, 0.5) is 0 Å². The number of Topliss-reactive ketones (excluding diaryl/α,β-unsaturated/α-hetero) is 1. The first kappa shape index (κ1) is 15.6. The molecule has 4 fully saturated rings. The zero-order chi connectivity index (χ0) is 17.6. The minimum atomic E-state index is -0.935. The zero-order valence-electron chi connectivity index (χ0n) is 14.6. The summed E-state index contributed by atoms with van der Waals surface area (Å²) < 4.78 is 6.85. The molecule has 2 saturated heterocycles. The van der Waals surface area contributed by atoms with Crippen molar-refractivity contribution < 1.29 is 24.2 Å². The Hall–Kier alpha value is -1.59. The van der Waals surface area contributed by atoms with Crippen molar-refractivity contribution in [3.8, 4) is 0 Å². The maximum absolute atomic E-state index is 12.7. The van der Waals surface area contributed by atoms with Crippen molar-refractivity contribution in [1.29, 1.82) is 0 Å². The van der Waals surface area contributed by atoms with Gasteiger partial charge < -0.3 is 19.4 Å². The van der Waals surface area contributed by atoms with E-state index in [0.717, 1.165) is 30.4 Å². The van der Waals surface area contributed by atoms with Crippen LogP contribution in [-0.2, 0) is 9.53 Å². The van der Waals surface area contributed by atoms with Crippen LogP contribution in [-0.4, -0.2) is 58.4 Å². The fraction of sp³-hybridized carbons (Fsp3) is 0.650. The van der Waals surface area contributed by atoms with Crippen LogP contribution in [0, 0.1) is 17.3 Å². The molecule has 25 heavy (non-hydrogen) atoms. The third-order valence-corrected chi connectivity index (χ3v) is 7.96. The first-order chi connectivity index (χ1) is 11.9. The lowest BCUT2D eigenvalue weighted by molar-refractivity contribution is -0.947. The van der Waals surface area contributed by atoms with E-state index in [2.05, 4.69) is 19.7 Å². The molecule has 0 aromatic carbocycles. The number of carbonyl (C=O) groups excluding carboxylic acids is 1. The molecule has 2 aliphatic heterocycles. The molecular formula is C20H26NO4+. The van der Waals surface area contributed by atoms with Gasteiger partial charge in [-0.05, 0) is 24.5 Å². The standard InChI is InChI=1S/C20H25NO4/c1-3-9-21(2)10-8-19-16-12-4-5-13(22)17(16)25-18(19)14(23)6-7-20(19,24)15(21)11-12/h3-5,12,15-16,18,24H,1,6-11H2,2H3/p+1/t12?,15-,16?,18+,19?,20-,21?/m1/s1. The molecule has 5 rings (SSSR count). The Morgan fingerprint density at radius 2 is 2.28 bits per heavy atom. The van der Waals surface area contributed by atoms with Gasteiger partial charge in [-0.15, -0.1) is 0 Å². The molecule has 0 aromatic heterocycles. The number of aliphatic hydroxyl groups excluding tert-OH is 1. The van der Waals surface area contributed by atoms with Crippen molar-refractivity contribution >= 4 is 5.78 Å².